The first kappa shape index (κ1) is 17.8. The third-order valence-corrected chi connectivity index (χ3v) is 5.19. The van der Waals surface area contributed by atoms with Crippen LogP contribution >= 0.6 is 23.2 Å². The molecule has 0 spiro atoms. The van der Waals surface area contributed by atoms with E-state index >= 15 is 0 Å². The molecule has 25 heavy (non-hydrogen) atoms. The molecule has 0 saturated carbocycles. The third-order valence-electron chi connectivity index (χ3n) is 4.38. The second-order valence-electron chi connectivity index (χ2n) is 6.12. The van der Waals surface area contributed by atoms with Gasteiger partial charge in [0.2, 0.25) is 11.8 Å². The van der Waals surface area contributed by atoms with Gasteiger partial charge < -0.3 is 10.2 Å². The van der Waals surface area contributed by atoms with Gasteiger partial charge in [0.25, 0.3) is 0 Å². The lowest BCUT2D eigenvalue weighted by molar-refractivity contribution is -0.126. The van der Waals surface area contributed by atoms with Gasteiger partial charge in [-0.15, -0.1) is 0 Å². The summed E-state index contributed by atoms with van der Waals surface area (Å²) in [6, 6.07) is 14.7. The lowest BCUT2D eigenvalue weighted by Gasteiger charge is -2.20. The monoisotopic (exact) mass is 376 g/mol. The third kappa shape index (κ3) is 3.80. The maximum atomic E-state index is 12.6. The molecule has 1 fully saturated rings. The molecular formula is C19H18Cl2N2O2. The highest BCUT2D eigenvalue weighted by molar-refractivity contribution is 6.44. The molecule has 2 aromatic rings. The fourth-order valence-electron chi connectivity index (χ4n) is 2.97. The van der Waals surface area contributed by atoms with Crippen LogP contribution in [0.2, 0.25) is 10.0 Å². The molecule has 3 rings (SSSR count). The molecule has 0 radical (unpaired) electrons. The highest BCUT2D eigenvalue weighted by Gasteiger charge is 2.36. The van der Waals surface area contributed by atoms with Crippen LogP contribution in [0.3, 0.4) is 0 Å². The van der Waals surface area contributed by atoms with Crippen molar-refractivity contribution in [2.24, 2.45) is 5.92 Å². The minimum atomic E-state index is -0.409. The maximum absolute atomic E-state index is 12.6. The van der Waals surface area contributed by atoms with Gasteiger partial charge in [-0.3, -0.25) is 9.59 Å². The number of rotatable bonds is 4. The normalized spacial score (nSPS) is 18.3. The van der Waals surface area contributed by atoms with Crippen LogP contribution in [-0.2, 0) is 9.59 Å². The Bertz CT molecular complexity index is 795. The number of benzene rings is 2. The number of amides is 2. The number of carbonyl (C=O) groups is 2. The molecule has 130 valence electrons. The van der Waals surface area contributed by atoms with E-state index in [0.717, 1.165) is 5.56 Å². The number of carbonyl (C=O) groups excluding carboxylic acids is 2. The van der Waals surface area contributed by atoms with E-state index < -0.39 is 5.92 Å². The Balaban J connectivity index is 1.70. The van der Waals surface area contributed by atoms with Crippen molar-refractivity contribution in [3.63, 3.8) is 0 Å². The topological polar surface area (TPSA) is 49.4 Å². The van der Waals surface area contributed by atoms with Crippen molar-refractivity contribution in [1.29, 1.82) is 0 Å². The smallest absolute Gasteiger partial charge is 0.227 e. The van der Waals surface area contributed by atoms with E-state index in [2.05, 4.69) is 5.32 Å². The van der Waals surface area contributed by atoms with Crippen LogP contribution in [0.5, 0.6) is 0 Å². The number of nitrogens with zero attached hydrogens (tertiary/aromatic N) is 1. The van der Waals surface area contributed by atoms with E-state index in [1.807, 2.05) is 37.3 Å². The molecule has 1 aliphatic rings. The Morgan fingerprint density at radius 2 is 1.88 bits per heavy atom. The van der Waals surface area contributed by atoms with Crippen LogP contribution in [0.15, 0.2) is 48.5 Å². The van der Waals surface area contributed by atoms with Crippen LogP contribution in [-0.4, -0.2) is 18.4 Å². The van der Waals surface area contributed by atoms with Crippen molar-refractivity contribution in [1.82, 2.24) is 5.32 Å². The molecule has 1 saturated heterocycles. The van der Waals surface area contributed by atoms with Gasteiger partial charge >= 0.3 is 0 Å². The average Bonchev–Trinajstić information content (AvgIpc) is 3.00. The number of anilines is 1. The second-order valence-corrected chi connectivity index (χ2v) is 6.90. The lowest BCUT2D eigenvalue weighted by atomic mass is 10.1. The summed E-state index contributed by atoms with van der Waals surface area (Å²) in [5.74, 6) is -0.671. The first-order valence-corrected chi connectivity index (χ1v) is 8.82. The minimum absolute atomic E-state index is 0.118. The molecular weight excluding hydrogens is 359 g/mol. The Morgan fingerprint density at radius 3 is 2.60 bits per heavy atom. The number of halogens is 2. The Hall–Kier alpha value is -2.04. The van der Waals surface area contributed by atoms with E-state index in [1.54, 1.807) is 18.2 Å². The van der Waals surface area contributed by atoms with E-state index in [4.69, 9.17) is 23.2 Å². The lowest BCUT2D eigenvalue weighted by Crippen LogP contribution is -2.34. The molecule has 0 aromatic heterocycles. The summed E-state index contributed by atoms with van der Waals surface area (Å²) in [6.07, 6.45) is 0.163. The van der Waals surface area contributed by atoms with Gasteiger partial charge in [0.15, 0.2) is 0 Å². The van der Waals surface area contributed by atoms with Gasteiger partial charge in [0, 0.05) is 13.0 Å². The van der Waals surface area contributed by atoms with Gasteiger partial charge in [-0.1, -0.05) is 59.6 Å². The average molecular weight is 377 g/mol. The summed E-state index contributed by atoms with van der Waals surface area (Å²) in [6.45, 7) is 2.22. The summed E-state index contributed by atoms with van der Waals surface area (Å²) in [7, 11) is 0. The zero-order chi connectivity index (χ0) is 18.0. The van der Waals surface area contributed by atoms with Crippen molar-refractivity contribution in [3.8, 4) is 0 Å². The first-order valence-electron chi connectivity index (χ1n) is 8.07. The van der Waals surface area contributed by atoms with E-state index in [0.29, 0.717) is 22.3 Å². The van der Waals surface area contributed by atoms with Crippen LogP contribution in [0.4, 0.5) is 5.69 Å². The van der Waals surface area contributed by atoms with Crippen LogP contribution in [0.25, 0.3) is 0 Å². The van der Waals surface area contributed by atoms with Crippen molar-refractivity contribution in [2.45, 2.75) is 19.4 Å². The minimum Gasteiger partial charge on any atom is -0.349 e. The number of hydrogen-bond acceptors (Lipinski definition) is 2. The molecule has 1 heterocycles. The van der Waals surface area contributed by atoms with Crippen molar-refractivity contribution >= 4 is 40.7 Å². The van der Waals surface area contributed by atoms with Gasteiger partial charge in [-0.2, -0.15) is 0 Å². The van der Waals surface area contributed by atoms with Crippen LogP contribution < -0.4 is 10.2 Å². The van der Waals surface area contributed by atoms with Gasteiger partial charge in [0.05, 0.1) is 27.7 Å². The quantitative estimate of drug-likeness (QED) is 0.867. The molecule has 2 atom stereocenters. The highest BCUT2D eigenvalue weighted by Crippen LogP contribution is 2.35. The molecule has 0 unspecified atom stereocenters. The first-order chi connectivity index (χ1) is 12.0. The molecule has 0 bridgehead atoms. The Kier molecular flexibility index (Phi) is 5.30. The fraction of sp³-hybridized carbons (Fsp3) is 0.263. The fourth-order valence-corrected chi connectivity index (χ4v) is 3.37. The van der Waals surface area contributed by atoms with Crippen molar-refractivity contribution < 1.29 is 9.59 Å². The Labute approximate surface area is 156 Å². The van der Waals surface area contributed by atoms with Crippen molar-refractivity contribution in [3.05, 3.63) is 64.1 Å². The molecule has 1 aliphatic heterocycles. The molecule has 0 aliphatic carbocycles. The predicted octanol–water partition coefficient (Wildman–Crippen LogP) is 4.22. The zero-order valence-electron chi connectivity index (χ0n) is 13.7. The summed E-state index contributed by atoms with van der Waals surface area (Å²) in [5.41, 5.74) is 1.57. The van der Waals surface area contributed by atoms with E-state index in [-0.39, 0.29) is 24.3 Å². The van der Waals surface area contributed by atoms with Gasteiger partial charge in [-0.25, -0.2) is 0 Å². The highest BCUT2D eigenvalue weighted by atomic mass is 35.5. The van der Waals surface area contributed by atoms with E-state index in [9.17, 15) is 9.59 Å². The SMILES string of the molecule is C[C@H](NC(=O)[C@@H]1CC(=O)N(c2cccc(Cl)c2Cl)C1)c1ccccc1. The zero-order valence-corrected chi connectivity index (χ0v) is 15.2. The van der Waals surface area contributed by atoms with Crippen LogP contribution in [0.1, 0.15) is 24.9 Å². The molecule has 2 amide bonds. The predicted molar refractivity (Wildman–Crippen MR) is 99.9 cm³/mol. The van der Waals surface area contributed by atoms with Crippen LogP contribution in [0, 0.1) is 5.92 Å². The Morgan fingerprint density at radius 1 is 1.16 bits per heavy atom. The van der Waals surface area contributed by atoms with Gasteiger partial charge in [-0.05, 0) is 24.6 Å². The number of nitrogens with one attached hydrogen (secondary N) is 1. The molecule has 2 aromatic carbocycles. The standard InChI is InChI=1S/C19H18Cl2N2O2/c1-12(13-6-3-2-4-7-13)22-19(25)14-10-17(24)23(11-14)16-9-5-8-15(20)18(16)21/h2-9,12,14H,10-11H2,1H3,(H,22,25)/t12-,14+/m0/s1. The molecule has 6 heteroatoms. The number of hydrogen-bond donors (Lipinski definition) is 1. The van der Waals surface area contributed by atoms with Gasteiger partial charge in [0.1, 0.15) is 0 Å². The van der Waals surface area contributed by atoms with E-state index in [1.165, 1.54) is 4.90 Å². The molecule has 1 N–H and O–H groups in total. The largest absolute Gasteiger partial charge is 0.349 e. The summed E-state index contributed by atoms with van der Waals surface area (Å²) in [5, 5.41) is 3.70. The summed E-state index contributed by atoms with van der Waals surface area (Å²) < 4.78 is 0. The van der Waals surface area contributed by atoms with Crippen molar-refractivity contribution in [2.75, 3.05) is 11.4 Å². The second kappa shape index (κ2) is 7.46. The summed E-state index contributed by atoms with van der Waals surface area (Å²) >= 11 is 12.2. The maximum Gasteiger partial charge on any atom is 0.227 e. The summed E-state index contributed by atoms with van der Waals surface area (Å²) in [4.78, 5) is 26.4. The molecule has 4 nitrogen and oxygen atoms in total.